The van der Waals surface area contributed by atoms with Gasteiger partial charge in [0.05, 0.1) is 7.11 Å². The first-order valence-electron chi connectivity index (χ1n) is 8.98. The van der Waals surface area contributed by atoms with E-state index in [0.717, 1.165) is 27.8 Å². The van der Waals surface area contributed by atoms with Crippen molar-refractivity contribution in [2.24, 2.45) is 0 Å². The molecule has 0 fully saturated rings. The van der Waals surface area contributed by atoms with Crippen LogP contribution >= 0.6 is 23.4 Å². The number of anilines is 1. The lowest BCUT2D eigenvalue weighted by Gasteiger charge is -2.10. The Bertz CT molecular complexity index is 996. The molecule has 3 aromatic rings. The third-order valence-corrected chi connectivity index (χ3v) is 5.18. The molecule has 0 unspecified atom stereocenters. The lowest BCUT2D eigenvalue weighted by atomic mass is 10.2. The molecule has 2 aromatic heterocycles. The molecule has 0 spiro atoms. The van der Waals surface area contributed by atoms with Crippen molar-refractivity contribution in [3.63, 3.8) is 0 Å². The van der Waals surface area contributed by atoms with Crippen LogP contribution in [-0.2, 0) is 6.54 Å². The van der Waals surface area contributed by atoms with Gasteiger partial charge in [-0.15, -0.1) is 12.3 Å². The molecule has 28 heavy (non-hydrogen) atoms. The standard InChI is InChI=1S/C18H18ClN5OS.C2H6/c1-4-5-6-9-24-16-14(15(20)22-17(19)23-16)21-18(24)26-13-10-12(25-3)8-7-11(13)2;1-2/h1,7-8,10H,5-6,9H2,2-3H3,(H2,20,22,23);1-2H3. The van der Waals surface area contributed by atoms with E-state index < -0.39 is 0 Å². The summed E-state index contributed by atoms with van der Waals surface area (Å²) in [6.45, 7) is 6.71. The molecule has 2 N–H and O–H groups in total. The molecule has 2 heterocycles. The van der Waals surface area contributed by atoms with E-state index >= 15 is 0 Å². The molecular formula is C20H24ClN5OS. The fourth-order valence-corrected chi connectivity index (χ4v) is 3.71. The molecule has 0 aliphatic heterocycles. The van der Waals surface area contributed by atoms with Gasteiger partial charge in [-0.05, 0) is 42.6 Å². The van der Waals surface area contributed by atoms with Crippen molar-refractivity contribution in [1.29, 1.82) is 0 Å². The van der Waals surface area contributed by atoms with Crippen molar-refractivity contribution in [2.75, 3.05) is 12.8 Å². The largest absolute Gasteiger partial charge is 0.497 e. The minimum absolute atomic E-state index is 0.0993. The zero-order chi connectivity index (χ0) is 20.7. The van der Waals surface area contributed by atoms with Crippen molar-refractivity contribution in [3.05, 3.63) is 29.0 Å². The maximum absolute atomic E-state index is 5.99. The first kappa shape index (κ1) is 21.9. The van der Waals surface area contributed by atoms with E-state index in [1.807, 2.05) is 43.5 Å². The number of aryl methyl sites for hydroxylation is 2. The number of hydrogen-bond donors (Lipinski definition) is 1. The molecule has 1 aromatic carbocycles. The van der Waals surface area contributed by atoms with Crippen LogP contribution in [0.2, 0.25) is 5.28 Å². The van der Waals surface area contributed by atoms with Crippen LogP contribution in [0.3, 0.4) is 0 Å². The second-order valence-corrected chi connectivity index (χ2v) is 6.98. The van der Waals surface area contributed by atoms with Gasteiger partial charge in [-0.25, -0.2) is 4.98 Å². The predicted molar refractivity (Wildman–Crippen MR) is 116 cm³/mol. The van der Waals surface area contributed by atoms with Crippen LogP contribution in [0.4, 0.5) is 5.82 Å². The molecule has 0 aliphatic rings. The van der Waals surface area contributed by atoms with E-state index in [0.29, 0.717) is 24.1 Å². The topological polar surface area (TPSA) is 78.9 Å². The van der Waals surface area contributed by atoms with Gasteiger partial charge in [0, 0.05) is 17.9 Å². The molecule has 0 aliphatic carbocycles. The molecule has 8 heteroatoms. The fourth-order valence-electron chi connectivity index (χ4n) is 2.51. The average Bonchev–Trinajstić information content (AvgIpc) is 3.03. The summed E-state index contributed by atoms with van der Waals surface area (Å²) in [7, 11) is 1.65. The highest BCUT2D eigenvalue weighted by molar-refractivity contribution is 7.99. The van der Waals surface area contributed by atoms with Crippen LogP contribution in [0.25, 0.3) is 11.2 Å². The number of benzene rings is 1. The Kier molecular flexibility index (Phi) is 7.97. The summed E-state index contributed by atoms with van der Waals surface area (Å²) < 4.78 is 7.31. The van der Waals surface area contributed by atoms with Gasteiger partial charge in [0.15, 0.2) is 22.1 Å². The number of terminal acetylenes is 1. The number of nitrogens with two attached hydrogens (primary N) is 1. The number of imidazole rings is 1. The van der Waals surface area contributed by atoms with Crippen LogP contribution in [0.1, 0.15) is 32.3 Å². The molecule has 0 bridgehead atoms. The maximum atomic E-state index is 5.99. The number of rotatable bonds is 6. The maximum Gasteiger partial charge on any atom is 0.226 e. The second kappa shape index (κ2) is 10.2. The van der Waals surface area contributed by atoms with Crippen LogP contribution in [0.15, 0.2) is 28.3 Å². The number of ether oxygens (including phenoxy) is 1. The van der Waals surface area contributed by atoms with Gasteiger partial charge in [0.2, 0.25) is 5.28 Å². The third-order valence-electron chi connectivity index (χ3n) is 3.86. The van der Waals surface area contributed by atoms with Crippen molar-refractivity contribution in [3.8, 4) is 18.1 Å². The van der Waals surface area contributed by atoms with Gasteiger partial charge in [-0.1, -0.05) is 31.7 Å². The molecule has 0 radical (unpaired) electrons. The number of unbranched alkanes of at least 4 members (excludes halogenated alkanes) is 1. The quantitative estimate of drug-likeness (QED) is 0.346. The van der Waals surface area contributed by atoms with E-state index in [1.54, 1.807) is 7.11 Å². The van der Waals surface area contributed by atoms with E-state index in [1.165, 1.54) is 11.8 Å². The Balaban J connectivity index is 0.00000136. The Morgan fingerprint density at radius 2 is 2.04 bits per heavy atom. The molecule has 148 valence electrons. The minimum atomic E-state index is 0.0993. The first-order chi connectivity index (χ1) is 13.5. The third kappa shape index (κ3) is 4.89. The van der Waals surface area contributed by atoms with Crippen molar-refractivity contribution >= 4 is 40.3 Å². The van der Waals surface area contributed by atoms with Crippen LogP contribution in [-0.4, -0.2) is 26.6 Å². The zero-order valence-electron chi connectivity index (χ0n) is 16.5. The monoisotopic (exact) mass is 417 g/mol. The first-order valence-corrected chi connectivity index (χ1v) is 10.2. The summed E-state index contributed by atoms with van der Waals surface area (Å²) in [5.74, 6) is 3.70. The lowest BCUT2D eigenvalue weighted by molar-refractivity contribution is 0.413. The van der Waals surface area contributed by atoms with E-state index in [9.17, 15) is 0 Å². The smallest absolute Gasteiger partial charge is 0.226 e. The van der Waals surface area contributed by atoms with Crippen molar-refractivity contribution in [2.45, 2.75) is 50.2 Å². The number of fused-ring (bicyclic) bond motifs is 1. The van der Waals surface area contributed by atoms with Gasteiger partial charge in [-0.3, -0.25) is 0 Å². The Morgan fingerprint density at radius 1 is 1.29 bits per heavy atom. The number of hydrogen-bond acceptors (Lipinski definition) is 6. The number of halogens is 1. The minimum Gasteiger partial charge on any atom is -0.497 e. The zero-order valence-corrected chi connectivity index (χ0v) is 18.1. The second-order valence-electron chi connectivity index (χ2n) is 5.64. The highest BCUT2D eigenvalue weighted by Crippen LogP contribution is 2.35. The van der Waals surface area contributed by atoms with Gasteiger partial charge in [0.1, 0.15) is 5.75 Å². The molecule has 3 rings (SSSR count). The molecule has 0 atom stereocenters. The summed E-state index contributed by atoms with van der Waals surface area (Å²) in [5.41, 5.74) is 8.26. The van der Waals surface area contributed by atoms with Crippen molar-refractivity contribution in [1.82, 2.24) is 19.5 Å². The van der Waals surface area contributed by atoms with Gasteiger partial charge >= 0.3 is 0 Å². The Labute approximate surface area is 174 Å². The Hall–Kier alpha value is -2.43. The van der Waals surface area contributed by atoms with Crippen molar-refractivity contribution < 1.29 is 4.74 Å². The summed E-state index contributed by atoms with van der Waals surface area (Å²) in [4.78, 5) is 14.0. The summed E-state index contributed by atoms with van der Waals surface area (Å²) in [5, 5.41) is 0.860. The fraction of sp³-hybridized carbons (Fsp3) is 0.350. The summed E-state index contributed by atoms with van der Waals surface area (Å²) in [6.07, 6.45) is 6.84. The summed E-state index contributed by atoms with van der Waals surface area (Å²) in [6, 6.07) is 5.92. The Morgan fingerprint density at radius 3 is 2.71 bits per heavy atom. The molecule has 0 saturated carbocycles. The van der Waals surface area contributed by atoms with E-state index in [2.05, 4.69) is 20.9 Å². The lowest BCUT2D eigenvalue weighted by Crippen LogP contribution is -2.02. The number of nitrogens with zero attached hydrogens (tertiary/aromatic N) is 4. The predicted octanol–water partition coefficient (Wildman–Crippen LogP) is 4.97. The van der Waals surface area contributed by atoms with E-state index in [-0.39, 0.29) is 11.1 Å². The highest BCUT2D eigenvalue weighted by Gasteiger charge is 2.18. The summed E-state index contributed by atoms with van der Waals surface area (Å²) >= 11 is 7.51. The molecular weight excluding hydrogens is 394 g/mol. The SMILES string of the molecule is C#CCCCn1c(Sc2cc(OC)ccc2C)nc2c(N)nc(Cl)nc21.CC. The number of nitrogen functional groups attached to an aromatic ring is 1. The van der Waals surface area contributed by atoms with Gasteiger partial charge in [-0.2, -0.15) is 9.97 Å². The molecule has 6 nitrogen and oxygen atoms in total. The van der Waals surface area contributed by atoms with Gasteiger partial charge < -0.3 is 15.0 Å². The van der Waals surface area contributed by atoms with Gasteiger partial charge in [0.25, 0.3) is 0 Å². The highest BCUT2D eigenvalue weighted by atomic mass is 35.5. The number of aromatic nitrogens is 4. The molecule has 0 saturated heterocycles. The molecule has 0 amide bonds. The van der Waals surface area contributed by atoms with Crippen LogP contribution < -0.4 is 10.5 Å². The van der Waals surface area contributed by atoms with E-state index in [4.69, 9.17) is 28.5 Å². The van der Waals surface area contributed by atoms with Crippen LogP contribution in [0.5, 0.6) is 5.75 Å². The number of methoxy groups -OCH3 is 1. The van der Waals surface area contributed by atoms with Crippen LogP contribution in [0, 0.1) is 19.3 Å². The normalized spacial score (nSPS) is 10.3. The average molecular weight is 418 g/mol.